The van der Waals surface area contributed by atoms with E-state index in [0.29, 0.717) is 58.9 Å². The molecule has 34 heavy (non-hydrogen) atoms. The van der Waals surface area contributed by atoms with E-state index in [9.17, 15) is 14.4 Å². The van der Waals surface area contributed by atoms with Gasteiger partial charge < -0.3 is 14.2 Å². The zero-order valence-corrected chi connectivity index (χ0v) is 23.7. The van der Waals surface area contributed by atoms with Crippen molar-refractivity contribution < 1.29 is 28.6 Å². The summed E-state index contributed by atoms with van der Waals surface area (Å²) < 4.78 is 18.0. The van der Waals surface area contributed by atoms with Crippen molar-refractivity contribution in [2.75, 3.05) is 39.6 Å². The summed E-state index contributed by atoms with van der Waals surface area (Å²) in [5, 5.41) is 0. The molecule has 0 aromatic heterocycles. The van der Waals surface area contributed by atoms with Crippen LogP contribution >= 0.6 is 0 Å². The molecule has 0 fully saturated rings. The first-order valence-electron chi connectivity index (χ1n) is 12.8. The lowest BCUT2D eigenvalue weighted by molar-refractivity contribution is -0.129. The van der Waals surface area contributed by atoms with E-state index < -0.39 is 5.41 Å². The van der Waals surface area contributed by atoms with Gasteiger partial charge in [0.2, 0.25) is 0 Å². The molecule has 0 rings (SSSR count). The van der Waals surface area contributed by atoms with Gasteiger partial charge in [-0.1, -0.05) is 69.2 Å². The van der Waals surface area contributed by atoms with Crippen LogP contribution in [0.5, 0.6) is 0 Å². The van der Waals surface area contributed by atoms with Crippen LogP contribution in [-0.2, 0) is 28.6 Å². The second-order valence-corrected chi connectivity index (χ2v) is 12.6. The first kappa shape index (κ1) is 32.9. The van der Waals surface area contributed by atoms with E-state index in [4.69, 9.17) is 14.2 Å². The molecule has 0 spiro atoms. The smallest absolute Gasteiger partial charge is 0.140 e. The Bertz CT molecular complexity index is 594. The topological polar surface area (TPSA) is 78.9 Å². The average molecular weight is 485 g/mol. The number of Topliss-reactive ketones (excluding diaryl/α,β-unsaturated/α-hetero) is 3. The van der Waals surface area contributed by atoms with Gasteiger partial charge in [0.15, 0.2) is 0 Å². The van der Waals surface area contributed by atoms with Gasteiger partial charge in [0.05, 0.1) is 39.6 Å². The van der Waals surface area contributed by atoms with Crippen LogP contribution in [-0.4, -0.2) is 57.0 Å². The number of ether oxygens (including phenoxy) is 3. The molecule has 0 unspecified atom stereocenters. The average Bonchev–Trinajstić information content (AvgIpc) is 2.69. The predicted octanol–water partition coefficient (Wildman–Crippen LogP) is 5.69. The lowest BCUT2D eigenvalue weighted by atomic mass is 9.75. The molecule has 200 valence electrons. The summed E-state index contributed by atoms with van der Waals surface area (Å²) in [6.07, 6.45) is 1.91. The van der Waals surface area contributed by atoms with E-state index in [1.807, 2.05) is 48.5 Å². The van der Waals surface area contributed by atoms with Gasteiger partial charge in [-0.2, -0.15) is 0 Å². The maximum atomic E-state index is 12.3. The lowest BCUT2D eigenvalue weighted by Crippen LogP contribution is -2.41. The van der Waals surface area contributed by atoms with Gasteiger partial charge in [0.25, 0.3) is 0 Å². The van der Waals surface area contributed by atoms with Crippen molar-refractivity contribution in [2.45, 2.75) is 94.9 Å². The summed E-state index contributed by atoms with van der Waals surface area (Å²) in [6.45, 7) is 22.0. The second kappa shape index (κ2) is 15.1. The zero-order valence-electron chi connectivity index (χ0n) is 23.7. The molecule has 6 nitrogen and oxygen atoms in total. The molecule has 0 atom stereocenters. The highest BCUT2D eigenvalue weighted by Gasteiger charge is 2.36. The van der Waals surface area contributed by atoms with Gasteiger partial charge in [-0.15, -0.1) is 0 Å². The fourth-order valence-electron chi connectivity index (χ4n) is 3.73. The van der Waals surface area contributed by atoms with Gasteiger partial charge in [-0.25, -0.2) is 0 Å². The van der Waals surface area contributed by atoms with Gasteiger partial charge in [0, 0.05) is 41.9 Å². The lowest BCUT2D eigenvalue weighted by Gasteiger charge is -2.38. The van der Waals surface area contributed by atoms with Crippen LogP contribution in [0.4, 0.5) is 0 Å². The van der Waals surface area contributed by atoms with E-state index in [0.717, 1.165) is 6.42 Å². The van der Waals surface area contributed by atoms with Crippen molar-refractivity contribution in [1.29, 1.82) is 0 Å². The van der Waals surface area contributed by atoms with Gasteiger partial charge >= 0.3 is 0 Å². The van der Waals surface area contributed by atoms with Gasteiger partial charge in [0.1, 0.15) is 17.3 Å². The first-order valence-corrected chi connectivity index (χ1v) is 12.8. The Balaban J connectivity index is 5.25. The van der Waals surface area contributed by atoms with Crippen LogP contribution in [0.2, 0.25) is 0 Å². The normalized spacial score (nSPS) is 13.1. The summed E-state index contributed by atoms with van der Waals surface area (Å²) in [5.74, 6) is 0.520. The van der Waals surface area contributed by atoms with Crippen LogP contribution in [0, 0.1) is 28.1 Å². The fourth-order valence-corrected chi connectivity index (χ4v) is 3.73. The van der Waals surface area contributed by atoms with Crippen LogP contribution in [0.25, 0.3) is 0 Å². The maximum Gasteiger partial charge on any atom is 0.140 e. The first-order chi connectivity index (χ1) is 15.5. The Morgan fingerprint density at radius 3 is 1.26 bits per heavy atom. The third kappa shape index (κ3) is 15.0. The Hall–Kier alpha value is -1.11. The van der Waals surface area contributed by atoms with Gasteiger partial charge in [-0.3, -0.25) is 14.4 Å². The molecule has 0 heterocycles. The number of hydrogen-bond acceptors (Lipinski definition) is 6. The molecule has 0 aliphatic carbocycles. The monoisotopic (exact) mass is 484 g/mol. The fraction of sp³-hybridized carbons (Fsp3) is 0.893. The third-order valence-electron chi connectivity index (χ3n) is 5.71. The highest BCUT2D eigenvalue weighted by Crippen LogP contribution is 2.35. The molecular formula is C28H52O6. The van der Waals surface area contributed by atoms with Crippen LogP contribution in [0.3, 0.4) is 0 Å². The highest BCUT2D eigenvalue weighted by atomic mass is 16.5. The molecule has 0 N–H and O–H groups in total. The summed E-state index contributed by atoms with van der Waals surface area (Å²) in [7, 11) is 0. The van der Waals surface area contributed by atoms with Crippen molar-refractivity contribution in [2.24, 2.45) is 28.1 Å². The third-order valence-corrected chi connectivity index (χ3v) is 5.71. The molecule has 0 aliphatic rings. The van der Waals surface area contributed by atoms with Crippen molar-refractivity contribution in [3.8, 4) is 0 Å². The minimum Gasteiger partial charge on any atom is -0.380 e. The van der Waals surface area contributed by atoms with Crippen LogP contribution < -0.4 is 0 Å². The Morgan fingerprint density at radius 1 is 0.618 bits per heavy atom. The van der Waals surface area contributed by atoms with Crippen molar-refractivity contribution in [1.82, 2.24) is 0 Å². The molecule has 6 heteroatoms. The van der Waals surface area contributed by atoms with E-state index in [1.165, 1.54) is 0 Å². The second-order valence-electron chi connectivity index (χ2n) is 12.6. The molecule has 0 radical (unpaired) electrons. The van der Waals surface area contributed by atoms with Crippen LogP contribution in [0.1, 0.15) is 94.9 Å². The van der Waals surface area contributed by atoms with E-state index in [-0.39, 0.29) is 40.0 Å². The quantitative estimate of drug-likeness (QED) is 0.232. The van der Waals surface area contributed by atoms with E-state index >= 15 is 0 Å². The van der Waals surface area contributed by atoms with Crippen LogP contribution in [0.15, 0.2) is 0 Å². The number of ketones is 3. The van der Waals surface area contributed by atoms with E-state index in [1.54, 1.807) is 0 Å². The zero-order chi connectivity index (χ0) is 26.6. The summed E-state index contributed by atoms with van der Waals surface area (Å²) in [5.41, 5.74) is -0.840. The number of carbonyl (C=O) groups is 3. The standard InChI is InChI=1S/C28H52O6/c1-21(2)23(29)11-14-32-18-28(17-26(5,6)7,19-33-15-12-24(30)22(3)4)20-34-16-13-25(31)27(8,9)10/h21-22H,11-20H2,1-10H3. The number of carbonyl (C=O) groups excluding carboxylic acids is 3. The number of rotatable bonds is 18. The Kier molecular flexibility index (Phi) is 14.6. The summed E-state index contributed by atoms with van der Waals surface area (Å²) >= 11 is 0. The van der Waals surface area contributed by atoms with Gasteiger partial charge in [-0.05, 0) is 11.8 Å². The predicted molar refractivity (Wildman–Crippen MR) is 137 cm³/mol. The molecule has 0 bridgehead atoms. The van der Waals surface area contributed by atoms with Crippen molar-refractivity contribution >= 4 is 17.3 Å². The summed E-state index contributed by atoms with van der Waals surface area (Å²) in [6, 6.07) is 0. The SMILES string of the molecule is CC(C)C(=O)CCOCC(COCCC(=O)C(C)C)(COCCC(=O)C(C)(C)C)CC(C)(C)C. The molecule has 0 saturated heterocycles. The highest BCUT2D eigenvalue weighted by molar-refractivity contribution is 5.83. The molecule has 0 aromatic rings. The molecule has 0 aromatic carbocycles. The van der Waals surface area contributed by atoms with E-state index in [2.05, 4.69) is 20.8 Å². The van der Waals surface area contributed by atoms with Crippen molar-refractivity contribution in [3.05, 3.63) is 0 Å². The van der Waals surface area contributed by atoms with Crippen molar-refractivity contribution in [3.63, 3.8) is 0 Å². The molecule has 0 aliphatic heterocycles. The molecular weight excluding hydrogens is 432 g/mol. The molecule has 0 saturated carbocycles. The molecule has 0 amide bonds. The Labute approximate surface area is 208 Å². The largest absolute Gasteiger partial charge is 0.380 e. The number of hydrogen-bond donors (Lipinski definition) is 0. The Morgan fingerprint density at radius 2 is 0.971 bits per heavy atom. The summed E-state index contributed by atoms with van der Waals surface area (Å²) in [4.78, 5) is 36.3. The maximum absolute atomic E-state index is 12.3. The minimum absolute atomic E-state index is 0.00607. The minimum atomic E-state index is -0.440.